The molecule has 2 heterocycles. The van der Waals surface area contributed by atoms with Crippen molar-refractivity contribution >= 4 is 11.6 Å². The van der Waals surface area contributed by atoms with E-state index in [1.165, 1.54) is 0 Å². The molecule has 2 rings (SSSR count). The van der Waals surface area contributed by atoms with Gasteiger partial charge in [-0.25, -0.2) is 4.98 Å². The number of aromatic nitrogens is 2. The summed E-state index contributed by atoms with van der Waals surface area (Å²) in [4.78, 5) is 15.0. The molecular formula is C11H15N3O. The van der Waals surface area contributed by atoms with E-state index in [9.17, 15) is 4.79 Å². The molecule has 0 bridgehead atoms. The van der Waals surface area contributed by atoms with E-state index < -0.39 is 5.91 Å². The highest BCUT2D eigenvalue weighted by molar-refractivity contribution is 5.93. The minimum absolute atomic E-state index is 0.428. The Bertz CT molecular complexity index is 474. The molecule has 0 saturated carbocycles. The number of rotatable bonds is 1. The Kier molecular flexibility index (Phi) is 3.44. The predicted octanol–water partition coefficient (Wildman–Crippen LogP) is 1.77. The molecule has 0 unspecified atom stereocenters. The van der Waals surface area contributed by atoms with Gasteiger partial charge in [-0.3, -0.25) is 4.79 Å². The summed E-state index contributed by atoms with van der Waals surface area (Å²) < 4.78 is 1.90. The Morgan fingerprint density at radius 1 is 1.47 bits per heavy atom. The van der Waals surface area contributed by atoms with Crippen LogP contribution in [0.25, 0.3) is 5.65 Å². The lowest BCUT2D eigenvalue weighted by molar-refractivity contribution is 0.100. The smallest absolute Gasteiger partial charge is 0.248 e. The number of primary amides is 1. The van der Waals surface area contributed by atoms with Crippen LogP contribution in [0.1, 0.15) is 29.9 Å². The first kappa shape index (κ1) is 11.2. The van der Waals surface area contributed by atoms with E-state index in [2.05, 4.69) is 4.98 Å². The normalized spacial score (nSPS) is 9.53. The first-order valence-corrected chi connectivity index (χ1v) is 4.92. The lowest BCUT2D eigenvalue weighted by atomic mass is 10.2. The third-order valence-electron chi connectivity index (χ3n) is 1.98. The molecule has 0 atom stereocenters. The molecule has 0 aromatic carbocycles. The number of fused-ring (bicyclic) bond motifs is 1. The van der Waals surface area contributed by atoms with Gasteiger partial charge in [0, 0.05) is 23.7 Å². The summed E-state index contributed by atoms with van der Waals surface area (Å²) in [5.41, 5.74) is 7.40. The zero-order valence-electron chi connectivity index (χ0n) is 9.19. The van der Waals surface area contributed by atoms with Crippen LogP contribution in [0.5, 0.6) is 0 Å². The highest BCUT2D eigenvalue weighted by Crippen LogP contribution is 2.07. The van der Waals surface area contributed by atoms with Crippen LogP contribution in [-0.2, 0) is 0 Å². The van der Waals surface area contributed by atoms with Gasteiger partial charge in [0.15, 0.2) is 0 Å². The van der Waals surface area contributed by atoms with E-state index in [1.54, 1.807) is 24.5 Å². The molecule has 0 aliphatic rings. The Labute approximate surface area is 88.7 Å². The van der Waals surface area contributed by atoms with Crippen molar-refractivity contribution in [2.24, 2.45) is 5.73 Å². The topological polar surface area (TPSA) is 60.4 Å². The lowest BCUT2D eigenvalue weighted by Crippen LogP contribution is -2.11. The van der Waals surface area contributed by atoms with E-state index in [0.29, 0.717) is 5.56 Å². The number of carbonyl (C=O) groups is 1. The van der Waals surface area contributed by atoms with Gasteiger partial charge in [-0.2, -0.15) is 0 Å². The third kappa shape index (κ3) is 2.15. The average Bonchev–Trinajstić information content (AvgIpc) is 2.63. The van der Waals surface area contributed by atoms with Crippen LogP contribution in [-0.4, -0.2) is 15.3 Å². The summed E-state index contributed by atoms with van der Waals surface area (Å²) in [5.74, 6) is -0.428. The molecule has 4 nitrogen and oxygen atoms in total. The van der Waals surface area contributed by atoms with E-state index >= 15 is 0 Å². The van der Waals surface area contributed by atoms with Crippen LogP contribution in [0.2, 0.25) is 0 Å². The number of nitrogens with zero attached hydrogens (tertiary/aromatic N) is 2. The van der Waals surface area contributed by atoms with Crippen molar-refractivity contribution in [1.82, 2.24) is 9.38 Å². The van der Waals surface area contributed by atoms with Crippen LogP contribution >= 0.6 is 0 Å². The maximum absolute atomic E-state index is 10.8. The van der Waals surface area contributed by atoms with Gasteiger partial charge in [0.05, 0.1) is 0 Å². The zero-order valence-corrected chi connectivity index (χ0v) is 9.19. The Morgan fingerprint density at radius 3 is 2.73 bits per heavy atom. The second-order valence-corrected chi connectivity index (χ2v) is 2.91. The van der Waals surface area contributed by atoms with E-state index in [-0.39, 0.29) is 0 Å². The maximum atomic E-state index is 10.8. The summed E-state index contributed by atoms with van der Waals surface area (Å²) in [6.07, 6.45) is 3.54. The molecule has 0 fully saturated rings. The van der Waals surface area contributed by atoms with Crippen LogP contribution in [0.3, 0.4) is 0 Å². The summed E-state index contributed by atoms with van der Waals surface area (Å²) in [6.45, 7) is 5.95. The third-order valence-corrected chi connectivity index (χ3v) is 1.98. The van der Waals surface area contributed by atoms with Crippen molar-refractivity contribution in [2.45, 2.75) is 20.8 Å². The van der Waals surface area contributed by atoms with E-state index in [4.69, 9.17) is 5.73 Å². The number of hydrogen-bond acceptors (Lipinski definition) is 2. The first-order valence-electron chi connectivity index (χ1n) is 4.92. The van der Waals surface area contributed by atoms with Crippen molar-refractivity contribution in [2.75, 3.05) is 0 Å². The lowest BCUT2D eigenvalue weighted by Gasteiger charge is -1.97. The predicted molar refractivity (Wildman–Crippen MR) is 59.8 cm³/mol. The van der Waals surface area contributed by atoms with Crippen molar-refractivity contribution in [3.05, 3.63) is 35.8 Å². The fourth-order valence-electron chi connectivity index (χ4n) is 1.26. The number of nitrogens with two attached hydrogens (primary N) is 1. The number of amides is 1. The van der Waals surface area contributed by atoms with Gasteiger partial charge in [0.2, 0.25) is 5.91 Å². The Balaban J connectivity index is 0.000000531. The minimum atomic E-state index is -0.428. The summed E-state index contributed by atoms with van der Waals surface area (Å²) in [7, 11) is 0. The molecule has 2 aromatic heterocycles. The largest absolute Gasteiger partial charge is 0.366 e. The van der Waals surface area contributed by atoms with Gasteiger partial charge in [-0.15, -0.1) is 0 Å². The molecule has 15 heavy (non-hydrogen) atoms. The Morgan fingerprint density at radius 2 is 2.13 bits per heavy atom. The molecule has 4 heteroatoms. The molecule has 0 spiro atoms. The number of pyridine rings is 1. The van der Waals surface area contributed by atoms with Crippen LogP contribution in [0, 0.1) is 6.92 Å². The second kappa shape index (κ2) is 4.59. The van der Waals surface area contributed by atoms with Crippen molar-refractivity contribution in [1.29, 1.82) is 0 Å². The van der Waals surface area contributed by atoms with Crippen LogP contribution in [0.15, 0.2) is 24.5 Å². The van der Waals surface area contributed by atoms with Crippen LogP contribution in [0.4, 0.5) is 0 Å². The van der Waals surface area contributed by atoms with E-state index in [0.717, 1.165) is 11.3 Å². The van der Waals surface area contributed by atoms with Crippen molar-refractivity contribution < 1.29 is 4.79 Å². The summed E-state index contributed by atoms with van der Waals surface area (Å²) in [5, 5.41) is 0. The van der Waals surface area contributed by atoms with E-state index in [1.807, 2.05) is 25.2 Å². The summed E-state index contributed by atoms with van der Waals surface area (Å²) in [6, 6.07) is 3.36. The number of carbonyl (C=O) groups excluding carboxylic acids is 1. The monoisotopic (exact) mass is 205 g/mol. The van der Waals surface area contributed by atoms with Gasteiger partial charge in [-0.1, -0.05) is 13.8 Å². The SMILES string of the molecule is CC.Cc1cnc2cc(C(N)=O)ccn12. The molecule has 2 aromatic rings. The molecule has 1 amide bonds. The van der Waals surface area contributed by atoms with Gasteiger partial charge >= 0.3 is 0 Å². The summed E-state index contributed by atoms with van der Waals surface area (Å²) >= 11 is 0. The molecule has 0 radical (unpaired) electrons. The van der Waals surface area contributed by atoms with Gasteiger partial charge < -0.3 is 10.1 Å². The van der Waals surface area contributed by atoms with Gasteiger partial charge in [-0.05, 0) is 19.1 Å². The molecule has 80 valence electrons. The van der Waals surface area contributed by atoms with Gasteiger partial charge in [0.1, 0.15) is 5.65 Å². The van der Waals surface area contributed by atoms with Crippen molar-refractivity contribution in [3.63, 3.8) is 0 Å². The van der Waals surface area contributed by atoms with Crippen molar-refractivity contribution in [3.8, 4) is 0 Å². The molecular weight excluding hydrogens is 190 g/mol. The van der Waals surface area contributed by atoms with Gasteiger partial charge in [0.25, 0.3) is 0 Å². The fourth-order valence-corrected chi connectivity index (χ4v) is 1.26. The standard InChI is InChI=1S/C9H9N3O.C2H6/c1-6-5-11-8-4-7(9(10)13)2-3-12(6)8;1-2/h2-5H,1H3,(H2,10,13);1-2H3. The quantitative estimate of drug-likeness (QED) is 0.771. The second-order valence-electron chi connectivity index (χ2n) is 2.91. The highest BCUT2D eigenvalue weighted by atomic mass is 16.1. The zero-order chi connectivity index (χ0) is 11.4. The maximum Gasteiger partial charge on any atom is 0.248 e. The number of imidazole rings is 1. The average molecular weight is 205 g/mol. The molecule has 0 aliphatic carbocycles. The first-order chi connectivity index (χ1) is 7.18. The molecule has 2 N–H and O–H groups in total. The molecule has 0 saturated heterocycles. The fraction of sp³-hybridized carbons (Fsp3) is 0.273. The number of hydrogen-bond donors (Lipinski definition) is 1. The highest BCUT2D eigenvalue weighted by Gasteiger charge is 2.03. The molecule has 0 aliphatic heterocycles. The Hall–Kier alpha value is -1.84. The van der Waals surface area contributed by atoms with Crippen LogP contribution < -0.4 is 5.73 Å². The minimum Gasteiger partial charge on any atom is -0.366 e. The number of aryl methyl sites for hydroxylation is 1.